The molecule has 1 aliphatic heterocycles. The Morgan fingerprint density at radius 2 is 2.21 bits per heavy atom. The third-order valence-corrected chi connectivity index (χ3v) is 5.65. The molecule has 2 rings (SSSR count). The van der Waals surface area contributed by atoms with E-state index in [0.29, 0.717) is 17.1 Å². The van der Waals surface area contributed by atoms with Crippen molar-refractivity contribution >= 4 is 21.3 Å². The maximum absolute atomic E-state index is 14.0. The SMILES string of the molecule is C=C1N[C@](C)(c2cc(N)ccc2F)CS(=C)(=O)N1C. The standard InChI is InChI=1S/C13H18FN3OS/c1-9-16-13(2,8-19(4,18)17(9)3)11-7-10(15)5-6-12(11)14/h5-7,16H,1,4,8,15H2,2-3H3/t13-,19?/m0/s1. The van der Waals surface area contributed by atoms with Gasteiger partial charge in [-0.1, -0.05) is 6.58 Å². The lowest BCUT2D eigenvalue weighted by Gasteiger charge is -2.44. The molecule has 0 radical (unpaired) electrons. The molecule has 0 spiro atoms. The summed E-state index contributed by atoms with van der Waals surface area (Å²) in [7, 11) is -0.879. The molecule has 1 aromatic rings. The van der Waals surface area contributed by atoms with Gasteiger partial charge in [0, 0.05) is 18.3 Å². The summed E-state index contributed by atoms with van der Waals surface area (Å²) in [5.74, 6) is 3.97. The number of hydrogen-bond acceptors (Lipinski definition) is 3. The fraction of sp³-hybridized carbons (Fsp3) is 0.308. The first kappa shape index (κ1) is 13.7. The van der Waals surface area contributed by atoms with E-state index >= 15 is 0 Å². The number of nitrogens with zero attached hydrogens (tertiary/aromatic N) is 1. The highest BCUT2D eigenvalue weighted by Gasteiger charge is 2.39. The number of hydrogen-bond donors (Lipinski definition) is 2. The molecule has 2 atom stereocenters. The Labute approximate surface area is 113 Å². The zero-order chi connectivity index (χ0) is 14.4. The zero-order valence-corrected chi connectivity index (χ0v) is 11.9. The highest BCUT2D eigenvalue weighted by molar-refractivity contribution is 7.98. The minimum Gasteiger partial charge on any atom is -0.399 e. The van der Waals surface area contributed by atoms with E-state index < -0.39 is 21.1 Å². The maximum atomic E-state index is 14.0. The first-order valence-corrected chi connectivity index (χ1v) is 7.62. The first-order valence-electron chi connectivity index (χ1n) is 5.77. The summed E-state index contributed by atoms with van der Waals surface area (Å²) in [4.78, 5) is 0. The van der Waals surface area contributed by atoms with Crippen molar-refractivity contribution in [3.63, 3.8) is 0 Å². The normalized spacial score (nSPS) is 31.1. The quantitative estimate of drug-likeness (QED) is 0.602. The van der Waals surface area contributed by atoms with Crippen molar-refractivity contribution in [1.82, 2.24) is 9.62 Å². The summed E-state index contributed by atoms with van der Waals surface area (Å²) in [5.41, 5.74) is 5.69. The van der Waals surface area contributed by atoms with Crippen molar-refractivity contribution in [1.29, 1.82) is 0 Å². The van der Waals surface area contributed by atoms with Gasteiger partial charge in [0.2, 0.25) is 0 Å². The number of nitrogens with two attached hydrogens (primary N) is 1. The minimum absolute atomic E-state index is 0.176. The lowest BCUT2D eigenvalue weighted by molar-refractivity contribution is 0.363. The molecule has 0 saturated carbocycles. The van der Waals surface area contributed by atoms with Gasteiger partial charge in [-0.15, -0.1) is 0 Å². The molecule has 1 fully saturated rings. The van der Waals surface area contributed by atoms with Gasteiger partial charge < -0.3 is 11.1 Å². The van der Waals surface area contributed by atoms with E-state index in [-0.39, 0.29) is 5.75 Å². The number of rotatable bonds is 1. The predicted octanol–water partition coefficient (Wildman–Crippen LogP) is 1.26. The third kappa shape index (κ3) is 2.28. The second kappa shape index (κ2) is 4.16. The van der Waals surface area contributed by atoms with Crippen LogP contribution >= 0.6 is 0 Å². The number of nitrogen functional groups attached to an aromatic ring is 1. The van der Waals surface area contributed by atoms with Crippen LogP contribution in [0, 0.1) is 5.82 Å². The van der Waals surface area contributed by atoms with Crippen LogP contribution in [-0.2, 0) is 15.2 Å². The van der Waals surface area contributed by atoms with E-state index in [1.54, 1.807) is 20.0 Å². The molecular formula is C13H18FN3OS. The van der Waals surface area contributed by atoms with Crippen LogP contribution in [0.15, 0.2) is 30.6 Å². The van der Waals surface area contributed by atoms with Gasteiger partial charge in [0.05, 0.1) is 21.0 Å². The zero-order valence-electron chi connectivity index (χ0n) is 11.1. The van der Waals surface area contributed by atoms with E-state index in [0.717, 1.165) is 0 Å². The molecule has 19 heavy (non-hydrogen) atoms. The van der Waals surface area contributed by atoms with Crippen molar-refractivity contribution in [3.05, 3.63) is 42.0 Å². The van der Waals surface area contributed by atoms with E-state index in [9.17, 15) is 8.60 Å². The molecule has 0 aliphatic carbocycles. The topological polar surface area (TPSA) is 58.4 Å². The average Bonchev–Trinajstić information content (AvgIpc) is 2.28. The summed E-state index contributed by atoms with van der Waals surface area (Å²) in [6.45, 7) is 5.58. The Hall–Kier alpha value is -1.69. The van der Waals surface area contributed by atoms with E-state index in [2.05, 4.69) is 17.8 Å². The minimum atomic E-state index is -2.53. The van der Waals surface area contributed by atoms with Crippen LogP contribution in [0.1, 0.15) is 12.5 Å². The van der Waals surface area contributed by atoms with Crippen molar-refractivity contribution in [2.75, 3.05) is 18.5 Å². The van der Waals surface area contributed by atoms with Crippen LogP contribution in [0.4, 0.5) is 10.1 Å². The average molecular weight is 283 g/mol. The van der Waals surface area contributed by atoms with Crippen molar-refractivity contribution in [2.45, 2.75) is 12.5 Å². The van der Waals surface area contributed by atoms with Crippen LogP contribution < -0.4 is 11.1 Å². The highest BCUT2D eigenvalue weighted by Crippen LogP contribution is 2.32. The molecule has 6 heteroatoms. The third-order valence-electron chi connectivity index (χ3n) is 3.40. The van der Waals surface area contributed by atoms with Gasteiger partial charge in [0.1, 0.15) is 11.6 Å². The number of benzene rings is 1. The van der Waals surface area contributed by atoms with Gasteiger partial charge in [-0.2, -0.15) is 0 Å². The van der Waals surface area contributed by atoms with Gasteiger partial charge >= 0.3 is 0 Å². The largest absolute Gasteiger partial charge is 0.399 e. The Balaban J connectivity index is 2.55. The number of anilines is 1. The molecular weight excluding hydrogens is 265 g/mol. The molecule has 1 heterocycles. The molecule has 0 bridgehead atoms. The van der Waals surface area contributed by atoms with Crippen LogP contribution in [0.5, 0.6) is 0 Å². The van der Waals surface area contributed by atoms with E-state index in [1.807, 2.05) is 0 Å². The van der Waals surface area contributed by atoms with Crippen LogP contribution in [0.3, 0.4) is 0 Å². The van der Waals surface area contributed by atoms with Gasteiger partial charge in [0.25, 0.3) is 0 Å². The molecule has 1 saturated heterocycles. The highest BCUT2D eigenvalue weighted by atomic mass is 32.2. The fourth-order valence-corrected chi connectivity index (χ4v) is 4.06. The lowest BCUT2D eigenvalue weighted by atomic mass is 9.93. The predicted molar refractivity (Wildman–Crippen MR) is 78.3 cm³/mol. The maximum Gasteiger partial charge on any atom is 0.128 e. The van der Waals surface area contributed by atoms with Gasteiger partial charge in [-0.3, -0.25) is 4.31 Å². The van der Waals surface area contributed by atoms with Crippen LogP contribution in [0.25, 0.3) is 0 Å². The van der Waals surface area contributed by atoms with Crippen molar-refractivity contribution < 1.29 is 8.60 Å². The molecule has 3 N–H and O–H groups in total. The molecule has 104 valence electrons. The summed E-state index contributed by atoms with van der Waals surface area (Å²) < 4.78 is 28.0. The van der Waals surface area contributed by atoms with Crippen molar-refractivity contribution in [3.8, 4) is 0 Å². The molecule has 4 nitrogen and oxygen atoms in total. The van der Waals surface area contributed by atoms with Crippen molar-refractivity contribution in [2.24, 2.45) is 0 Å². The first-order chi connectivity index (χ1) is 8.66. The fourth-order valence-electron chi connectivity index (χ4n) is 2.29. The molecule has 0 amide bonds. The molecule has 1 unspecified atom stereocenters. The van der Waals surface area contributed by atoms with Gasteiger partial charge in [-0.25, -0.2) is 8.60 Å². The van der Waals surface area contributed by atoms with E-state index in [1.165, 1.54) is 16.4 Å². The molecule has 1 aliphatic rings. The van der Waals surface area contributed by atoms with Crippen LogP contribution in [0.2, 0.25) is 0 Å². The Morgan fingerprint density at radius 3 is 2.79 bits per heavy atom. The summed E-state index contributed by atoms with van der Waals surface area (Å²) >= 11 is 0. The Kier molecular flexibility index (Phi) is 3.01. The Bertz CT molecular complexity index is 641. The second-order valence-electron chi connectivity index (χ2n) is 5.06. The van der Waals surface area contributed by atoms with E-state index in [4.69, 9.17) is 5.73 Å². The number of halogens is 1. The Morgan fingerprint density at radius 1 is 1.58 bits per heavy atom. The molecule has 1 aromatic carbocycles. The monoisotopic (exact) mass is 283 g/mol. The molecule has 0 aromatic heterocycles. The van der Waals surface area contributed by atoms with Crippen LogP contribution in [-0.4, -0.2) is 27.2 Å². The smallest absolute Gasteiger partial charge is 0.128 e. The van der Waals surface area contributed by atoms with Gasteiger partial charge in [0.15, 0.2) is 0 Å². The summed E-state index contributed by atoms with van der Waals surface area (Å²) in [6, 6.07) is 4.35. The lowest BCUT2D eigenvalue weighted by Crippen LogP contribution is -2.56. The second-order valence-corrected chi connectivity index (χ2v) is 7.44. The number of nitrogens with one attached hydrogen (secondary N) is 1. The summed E-state index contributed by atoms with van der Waals surface area (Å²) in [5, 5.41) is 3.10. The summed E-state index contributed by atoms with van der Waals surface area (Å²) in [6.07, 6.45) is 0. The van der Waals surface area contributed by atoms with Gasteiger partial charge in [-0.05, 0) is 31.0 Å².